The van der Waals surface area contributed by atoms with E-state index >= 15 is 0 Å². The second-order valence-corrected chi connectivity index (χ2v) is 5.17. The number of carbonyl (C=O) groups is 2. The maximum Gasteiger partial charge on any atom is 0.308 e. The van der Waals surface area contributed by atoms with Crippen molar-refractivity contribution in [3.8, 4) is 0 Å². The molecule has 1 aliphatic rings. The number of aromatic nitrogens is 1. The van der Waals surface area contributed by atoms with Crippen molar-refractivity contribution >= 4 is 27.8 Å². The third-order valence-electron chi connectivity index (χ3n) is 2.93. The van der Waals surface area contributed by atoms with Gasteiger partial charge in [0.05, 0.1) is 26.2 Å². The highest BCUT2D eigenvalue weighted by molar-refractivity contribution is 9.10. The maximum atomic E-state index is 12.2. The van der Waals surface area contributed by atoms with E-state index in [1.54, 1.807) is 17.2 Å². The van der Waals surface area contributed by atoms with Gasteiger partial charge < -0.3 is 19.4 Å². The third kappa shape index (κ3) is 3.57. The molecule has 0 aromatic carbocycles. The van der Waals surface area contributed by atoms with Crippen LogP contribution in [0.4, 0.5) is 0 Å². The average molecular weight is 331 g/mol. The lowest BCUT2D eigenvalue weighted by Gasteiger charge is -2.32. The molecule has 1 unspecified atom stereocenters. The van der Waals surface area contributed by atoms with Crippen molar-refractivity contribution < 1.29 is 19.1 Å². The molecule has 6 nitrogen and oxygen atoms in total. The normalized spacial score (nSPS) is 19.3. The Kier molecular flexibility index (Phi) is 4.60. The molecule has 1 amide bonds. The molecule has 1 atom stereocenters. The van der Waals surface area contributed by atoms with Crippen LogP contribution < -0.4 is 0 Å². The molecule has 19 heavy (non-hydrogen) atoms. The highest BCUT2D eigenvalue weighted by Crippen LogP contribution is 2.15. The van der Waals surface area contributed by atoms with Crippen molar-refractivity contribution in [3.63, 3.8) is 0 Å². The molecule has 0 saturated carbocycles. The van der Waals surface area contributed by atoms with Gasteiger partial charge in [0, 0.05) is 23.8 Å². The smallest absolute Gasteiger partial charge is 0.308 e. The summed E-state index contributed by atoms with van der Waals surface area (Å²) in [6.07, 6.45) is 1.57. The molecule has 2 rings (SSSR count). The van der Waals surface area contributed by atoms with Crippen LogP contribution in [0.3, 0.4) is 0 Å². The second-order valence-electron chi connectivity index (χ2n) is 4.26. The first-order valence-corrected chi connectivity index (χ1v) is 6.71. The molecule has 1 N–H and O–H groups in total. The first-order chi connectivity index (χ1) is 9.10. The molecule has 1 aromatic heterocycles. The number of halogens is 1. The molecule has 0 aliphatic carbocycles. The van der Waals surface area contributed by atoms with Crippen LogP contribution in [0.1, 0.15) is 16.9 Å². The van der Waals surface area contributed by atoms with E-state index in [9.17, 15) is 9.59 Å². The Morgan fingerprint density at radius 2 is 2.42 bits per heavy atom. The topological polar surface area (TPSA) is 71.6 Å². The molecule has 1 aliphatic heterocycles. The number of nitrogens with zero attached hydrogens (tertiary/aromatic N) is 1. The molecular formula is C12H15BrN2O4. The Bertz CT molecular complexity index is 474. The van der Waals surface area contributed by atoms with E-state index in [0.29, 0.717) is 25.4 Å². The number of hydrogen-bond donors (Lipinski definition) is 1. The standard InChI is InChI=1S/C12H15BrN2O4/c1-18-11(16)5-9-7-15(2-3-19-9)12(17)10-4-8(13)6-14-10/h4,6,9,14H,2-3,5,7H2,1H3. The fraction of sp³-hybridized carbons (Fsp3) is 0.500. The molecule has 0 radical (unpaired) electrons. The summed E-state index contributed by atoms with van der Waals surface area (Å²) in [5.41, 5.74) is 0.519. The van der Waals surface area contributed by atoms with E-state index in [2.05, 4.69) is 25.7 Å². The van der Waals surface area contributed by atoms with Crippen LogP contribution in [0.25, 0.3) is 0 Å². The van der Waals surface area contributed by atoms with Gasteiger partial charge in [-0.2, -0.15) is 0 Å². The van der Waals surface area contributed by atoms with Gasteiger partial charge in [0.25, 0.3) is 5.91 Å². The van der Waals surface area contributed by atoms with Crippen molar-refractivity contribution in [3.05, 3.63) is 22.4 Å². The molecule has 1 saturated heterocycles. The summed E-state index contributed by atoms with van der Waals surface area (Å²) >= 11 is 3.29. The number of esters is 1. The van der Waals surface area contributed by atoms with Crippen LogP contribution in [0.2, 0.25) is 0 Å². The second kappa shape index (κ2) is 6.21. The summed E-state index contributed by atoms with van der Waals surface area (Å²) in [6, 6.07) is 1.73. The van der Waals surface area contributed by atoms with E-state index in [1.807, 2.05) is 0 Å². The number of carbonyl (C=O) groups excluding carboxylic acids is 2. The van der Waals surface area contributed by atoms with Crippen LogP contribution in [-0.2, 0) is 14.3 Å². The summed E-state index contributed by atoms with van der Waals surface area (Å²) in [5, 5.41) is 0. The molecule has 7 heteroatoms. The van der Waals surface area contributed by atoms with E-state index in [4.69, 9.17) is 4.74 Å². The zero-order valence-electron chi connectivity index (χ0n) is 10.5. The van der Waals surface area contributed by atoms with Gasteiger partial charge in [-0.25, -0.2) is 0 Å². The molecule has 1 aromatic rings. The van der Waals surface area contributed by atoms with Gasteiger partial charge >= 0.3 is 5.97 Å². The van der Waals surface area contributed by atoms with Gasteiger partial charge in [0.2, 0.25) is 0 Å². The minimum absolute atomic E-state index is 0.0936. The Hall–Kier alpha value is -1.34. The van der Waals surface area contributed by atoms with E-state index in [-0.39, 0.29) is 24.4 Å². The van der Waals surface area contributed by atoms with Gasteiger partial charge in [-0.1, -0.05) is 0 Å². The number of rotatable bonds is 3. The first kappa shape index (κ1) is 14.1. The third-order valence-corrected chi connectivity index (χ3v) is 3.38. The number of methoxy groups -OCH3 is 1. The lowest BCUT2D eigenvalue weighted by Crippen LogP contribution is -2.46. The fourth-order valence-electron chi connectivity index (χ4n) is 1.96. The van der Waals surface area contributed by atoms with Crippen LogP contribution in [0.5, 0.6) is 0 Å². The van der Waals surface area contributed by atoms with Crippen molar-refractivity contribution in [2.45, 2.75) is 12.5 Å². The molecule has 0 spiro atoms. The number of morpholine rings is 1. The SMILES string of the molecule is COC(=O)CC1CN(C(=O)c2cc(Br)c[nH]2)CCO1. The van der Waals surface area contributed by atoms with Gasteiger partial charge in [-0.05, 0) is 22.0 Å². The maximum absolute atomic E-state index is 12.2. The lowest BCUT2D eigenvalue weighted by atomic mass is 10.2. The zero-order chi connectivity index (χ0) is 13.8. The predicted molar refractivity (Wildman–Crippen MR) is 70.8 cm³/mol. The summed E-state index contributed by atoms with van der Waals surface area (Å²) in [7, 11) is 1.34. The Morgan fingerprint density at radius 3 is 3.05 bits per heavy atom. The number of nitrogens with one attached hydrogen (secondary N) is 1. The molecular weight excluding hydrogens is 316 g/mol. The van der Waals surface area contributed by atoms with Crippen molar-refractivity contribution in [1.29, 1.82) is 0 Å². The van der Waals surface area contributed by atoms with E-state index in [1.165, 1.54) is 7.11 Å². The number of ether oxygens (including phenoxy) is 2. The highest BCUT2D eigenvalue weighted by Gasteiger charge is 2.27. The number of amides is 1. The first-order valence-electron chi connectivity index (χ1n) is 5.91. The Morgan fingerprint density at radius 1 is 1.63 bits per heavy atom. The van der Waals surface area contributed by atoms with Gasteiger partial charge in [-0.15, -0.1) is 0 Å². The summed E-state index contributed by atoms with van der Waals surface area (Å²) in [5.74, 6) is -0.425. The predicted octanol–water partition coefficient (Wildman–Crippen LogP) is 1.18. The average Bonchev–Trinajstić information content (AvgIpc) is 2.84. The summed E-state index contributed by atoms with van der Waals surface area (Å²) < 4.78 is 10.9. The monoisotopic (exact) mass is 330 g/mol. The zero-order valence-corrected chi connectivity index (χ0v) is 12.1. The number of aromatic amines is 1. The van der Waals surface area contributed by atoms with Crippen molar-refractivity contribution in [2.75, 3.05) is 26.8 Å². The molecule has 104 valence electrons. The van der Waals surface area contributed by atoms with Crippen molar-refractivity contribution in [1.82, 2.24) is 9.88 Å². The minimum atomic E-state index is -0.332. The summed E-state index contributed by atoms with van der Waals surface area (Å²) in [6.45, 7) is 1.34. The van der Waals surface area contributed by atoms with Crippen LogP contribution in [-0.4, -0.2) is 54.7 Å². The molecule has 1 fully saturated rings. The van der Waals surface area contributed by atoms with Crippen LogP contribution >= 0.6 is 15.9 Å². The summed E-state index contributed by atoms with van der Waals surface area (Å²) in [4.78, 5) is 28.0. The van der Waals surface area contributed by atoms with Crippen molar-refractivity contribution in [2.24, 2.45) is 0 Å². The largest absolute Gasteiger partial charge is 0.469 e. The van der Waals surface area contributed by atoms with Gasteiger partial charge in [0.1, 0.15) is 5.69 Å². The van der Waals surface area contributed by atoms with Gasteiger partial charge in [-0.3, -0.25) is 9.59 Å². The molecule has 2 heterocycles. The Balaban J connectivity index is 1.97. The highest BCUT2D eigenvalue weighted by atomic mass is 79.9. The fourth-order valence-corrected chi connectivity index (χ4v) is 2.30. The quantitative estimate of drug-likeness (QED) is 0.845. The van der Waals surface area contributed by atoms with E-state index in [0.717, 1.165) is 4.47 Å². The van der Waals surface area contributed by atoms with Gasteiger partial charge in [0.15, 0.2) is 0 Å². The Labute approximate surface area is 119 Å². The number of hydrogen-bond acceptors (Lipinski definition) is 4. The number of H-pyrrole nitrogens is 1. The lowest BCUT2D eigenvalue weighted by molar-refractivity contribution is -0.145. The van der Waals surface area contributed by atoms with E-state index < -0.39 is 0 Å². The van der Waals surface area contributed by atoms with Crippen LogP contribution in [0.15, 0.2) is 16.7 Å². The minimum Gasteiger partial charge on any atom is -0.469 e. The van der Waals surface area contributed by atoms with Crippen LogP contribution in [0, 0.1) is 0 Å². The molecule has 0 bridgehead atoms.